The van der Waals surface area contributed by atoms with E-state index in [2.05, 4.69) is 15.9 Å². The minimum Gasteiger partial charge on any atom is -0.493 e. The highest BCUT2D eigenvalue weighted by molar-refractivity contribution is 9.10. The fourth-order valence-corrected chi connectivity index (χ4v) is 1.96. The third-order valence-electron chi connectivity index (χ3n) is 2.37. The van der Waals surface area contributed by atoms with E-state index < -0.39 is 0 Å². The van der Waals surface area contributed by atoms with Gasteiger partial charge in [0.2, 0.25) is 0 Å². The molecule has 0 amide bonds. The van der Waals surface area contributed by atoms with Gasteiger partial charge in [0.15, 0.2) is 0 Å². The van der Waals surface area contributed by atoms with E-state index >= 15 is 0 Å². The molecule has 0 aliphatic carbocycles. The van der Waals surface area contributed by atoms with E-state index in [1.54, 1.807) is 6.07 Å². The first-order valence-corrected chi connectivity index (χ1v) is 5.35. The summed E-state index contributed by atoms with van der Waals surface area (Å²) in [5.74, 6) is 0.272. The molecule has 4 heteroatoms. The monoisotopic (exact) mass is 259 g/mol. The summed E-state index contributed by atoms with van der Waals surface area (Å²) < 4.78 is 19.1. The van der Waals surface area contributed by atoms with Gasteiger partial charge in [0.25, 0.3) is 0 Å². The number of halogens is 2. The number of hydrogen-bond donors (Lipinski definition) is 1. The van der Waals surface area contributed by atoms with Crippen LogP contribution < -0.4 is 10.5 Å². The van der Waals surface area contributed by atoms with Crippen LogP contribution in [0.2, 0.25) is 0 Å². The zero-order valence-corrected chi connectivity index (χ0v) is 9.18. The van der Waals surface area contributed by atoms with Crippen molar-refractivity contribution in [1.29, 1.82) is 0 Å². The Morgan fingerprint density at radius 2 is 2.29 bits per heavy atom. The van der Waals surface area contributed by atoms with E-state index in [0.29, 0.717) is 16.8 Å². The van der Waals surface area contributed by atoms with Crippen molar-refractivity contribution in [2.45, 2.75) is 18.9 Å². The van der Waals surface area contributed by atoms with E-state index in [9.17, 15) is 4.39 Å². The summed E-state index contributed by atoms with van der Waals surface area (Å²) >= 11 is 3.14. The Morgan fingerprint density at radius 1 is 1.50 bits per heavy atom. The Labute approximate surface area is 90.4 Å². The Balaban J connectivity index is 2.49. The van der Waals surface area contributed by atoms with E-state index in [1.165, 1.54) is 6.07 Å². The first kappa shape index (κ1) is 9.93. The first-order chi connectivity index (χ1) is 6.68. The number of hydrogen-bond acceptors (Lipinski definition) is 2. The second kappa shape index (κ2) is 3.87. The minimum absolute atomic E-state index is 0.0515. The summed E-state index contributed by atoms with van der Waals surface area (Å²) in [5, 5.41) is 0. The lowest BCUT2D eigenvalue weighted by atomic mass is 10.0. The molecule has 14 heavy (non-hydrogen) atoms. The highest BCUT2D eigenvalue weighted by Gasteiger charge is 2.18. The highest BCUT2D eigenvalue weighted by atomic mass is 79.9. The highest BCUT2D eigenvalue weighted by Crippen LogP contribution is 2.33. The van der Waals surface area contributed by atoms with Gasteiger partial charge in [0.1, 0.15) is 11.6 Å². The molecule has 2 rings (SSSR count). The van der Waals surface area contributed by atoms with Crippen molar-refractivity contribution in [3.05, 3.63) is 28.0 Å². The molecule has 1 aliphatic heterocycles. The van der Waals surface area contributed by atoms with Gasteiger partial charge in [-0.05, 0) is 34.8 Å². The SMILES string of the molecule is NC1CCCOc2cc(F)c(Br)cc21. The zero-order valence-electron chi connectivity index (χ0n) is 7.59. The number of benzene rings is 1. The van der Waals surface area contributed by atoms with Gasteiger partial charge in [-0.3, -0.25) is 0 Å². The van der Waals surface area contributed by atoms with Crippen molar-refractivity contribution >= 4 is 15.9 Å². The Morgan fingerprint density at radius 3 is 3.07 bits per heavy atom. The lowest BCUT2D eigenvalue weighted by Crippen LogP contribution is -2.09. The summed E-state index contributed by atoms with van der Waals surface area (Å²) in [6.07, 6.45) is 1.79. The summed E-state index contributed by atoms with van der Waals surface area (Å²) in [6, 6.07) is 3.05. The number of nitrogens with two attached hydrogens (primary N) is 1. The van der Waals surface area contributed by atoms with Gasteiger partial charge in [0, 0.05) is 17.7 Å². The average Bonchev–Trinajstić information content (AvgIpc) is 2.31. The standard InChI is InChI=1S/C10H11BrFNO/c11-7-4-6-9(13)2-1-3-14-10(6)5-8(7)12/h4-5,9H,1-3,13H2. The molecule has 0 aromatic heterocycles. The van der Waals surface area contributed by atoms with Gasteiger partial charge in [-0.15, -0.1) is 0 Å². The van der Waals surface area contributed by atoms with E-state index in [4.69, 9.17) is 10.5 Å². The largest absolute Gasteiger partial charge is 0.493 e. The summed E-state index contributed by atoms with van der Waals surface area (Å²) in [5.41, 5.74) is 6.83. The van der Waals surface area contributed by atoms with Crippen LogP contribution in [-0.4, -0.2) is 6.61 Å². The van der Waals surface area contributed by atoms with E-state index in [-0.39, 0.29) is 11.9 Å². The predicted molar refractivity (Wildman–Crippen MR) is 55.8 cm³/mol. The fraction of sp³-hybridized carbons (Fsp3) is 0.400. The quantitative estimate of drug-likeness (QED) is 0.778. The molecule has 0 radical (unpaired) electrons. The van der Waals surface area contributed by atoms with Crippen LogP contribution in [0.15, 0.2) is 16.6 Å². The minimum atomic E-state index is -0.308. The van der Waals surface area contributed by atoms with Gasteiger partial charge in [-0.2, -0.15) is 0 Å². The molecule has 0 bridgehead atoms. The van der Waals surface area contributed by atoms with Gasteiger partial charge in [-0.1, -0.05) is 0 Å². The van der Waals surface area contributed by atoms with Crippen LogP contribution in [0.3, 0.4) is 0 Å². The normalized spacial score (nSPS) is 20.9. The lowest BCUT2D eigenvalue weighted by Gasteiger charge is -2.12. The van der Waals surface area contributed by atoms with Crippen LogP contribution in [0, 0.1) is 5.82 Å². The molecular weight excluding hydrogens is 249 g/mol. The van der Waals surface area contributed by atoms with Crippen LogP contribution in [0.4, 0.5) is 4.39 Å². The van der Waals surface area contributed by atoms with Crippen LogP contribution in [0.5, 0.6) is 5.75 Å². The third-order valence-corrected chi connectivity index (χ3v) is 2.98. The molecule has 1 aliphatic rings. The summed E-state index contributed by atoms with van der Waals surface area (Å²) in [7, 11) is 0. The topological polar surface area (TPSA) is 35.2 Å². The van der Waals surface area contributed by atoms with Crippen molar-refractivity contribution in [1.82, 2.24) is 0 Å². The molecule has 0 saturated heterocycles. The molecule has 0 spiro atoms. The molecular formula is C10H11BrFNO. The van der Waals surface area contributed by atoms with Crippen molar-refractivity contribution < 1.29 is 9.13 Å². The van der Waals surface area contributed by atoms with Crippen LogP contribution in [0.25, 0.3) is 0 Å². The Hall–Kier alpha value is -0.610. The molecule has 0 fully saturated rings. The van der Waals surface area contributed by atoms with E-state index in [0.717, 1.165) is 18.4 Å². The van der Waals surface area contributed by atoms with Gasteiger partial charge in [-0.25, -0.2) is 4.39 Å². The molecule has 2 nitrogen and oxygen atoms in total. The van der Waals surface area contributed by atoms with Gasteiger partial charge in [0.05, 0.1) is 11.1 Å². The predicted octanol–water partition coefficient (Wildman–Crippen LogP) is 2.76. The number of rotatable bonds is 0. The lowest BCUT2D eigenvalue weighted by molar-refractivity contribution is 0.314. The summed E-state index contributed by atoms with van der Waals surface area (Å²) in [4.78, 5) is 0. The second-order valence-electron chi connectivity index (χ2n) is 3.40. The smallest absolute Gasteiger partial charge is 0.141 e. The molecule has 1 unspecified atom stereocenters. The summed E-state index contributed by atoms with van der Waals surface area (Å²) in [6.45, 7) is 0.613. The molecule has 1 atom stereocenters. The van der Waals surface area contributed by atoms with Crippen LogP contribution >= 0.6 is 15.9 Å². The number of ether oxygens (including phenoxy) is 1. The zero-order chi connectivity index (χ0) is 10.1. The molecule has 1 aromatic rings. The van der Waals surface area contributed by atoms with Crippen molar-refractivity contribution in [2.24, 2.45) is 5.73 Å². The maximum atomic E-state index is 13.2. The molecule has 76 valence electrons. The van der Waals surface area contributed by atoms with Crippen LogP contribution in [-0.2, 0) is 0 Å². The van der Waals surface area contributed by atoms with Crippen LogP contribution in [0.1, 0.15) is 24.4 Å². The van der Waals surface area contributed by atoms with Crippen molar-refractivity contribution in [3.8, 4) is 5.75 Å². The molecule has 1 aromatic carbocycles. The second-order valence-corrected chi connectivity index (χ2v) is 4.26. The molecule has 0 saturated carbocycles. The Kier molecular flexibility index (Phi) is 2.74. The van der Waals surface area contributed by atoms with Crippen molar-refractivity contribution in [3.63, 3.8) is 0 Å². The average molecular weight is 260 g/mol. The van der Waals surface area contributed by atoms with Gasteiger partial charge >= 0.3 is 0 Å². The first-order valence-electron chi connectivity index (χ1n) is 4.56. The van der Waals surface area contributed by atoms with Crippen molar-refractivity contribution in [2.75, 3.05) is 6.61 Å². The molecule has 2 N–H and O–H groups in total. The maximum Gasteiger partial charge on any atom is 0.141 e. The number of fused-ring (bicyclic) bond motifs is 1. The third kappa shape index (κ3) is 1.77. The fourth-order valence-electron chi connectivity index (χ4n) is 1.60. The molecule has 1 heterocycles. The maximum absolute atomic E-state index is 13.2. The Bertz CT molecular complexity index is 356. The van der Waals surface area contributed by atoms with E-state index in [1.807, 2.05) is 0 Å². The van der Waals surface area contributed by atoms with Gasteiger partial charge < -0.3 is 10.5 Å².